The maximum Gasteiger partial charge on any atom is 0.123 e. The van der Waals surface area contributed by atoms with Gasteiger partial charge in [0.05, 0.1) is 0 Å². The zero-order valence-electron chi connectivity index (χ0n) is 12.7. The van der Waals surface area contributed by atoms with Crippen LogP contribution in [0.15, 0.2) is 24.3 Å². The van der Waals surface area contributed by atoms with Crippen LogP contribution in [0.5, 0.6) is 5.75 Å². The highest BCUT2D eigenvalue weighted by Crippen LogP contribution is 2.42. The molecule has 1 heterocycles. The van der Waals surface area contributed by atoms with Crippen molar-refractivity contribution in [1.82, 2.24) is 5.32 Å². The van der Waals surface area contributed by atoms with Crippen molar-refractivity contribution in [3.63, 3.8) is 0 Å². The van der Waals surface area contributed by atoms with Crippen molar-refractivity contribution in [2.45, 2.75) is 58.0 Å². The van der Waals surface area contributed by atoms with Crippen molar-refractivity contribution < 1.29 is 4.74 Å². The van der Waals surface area contributed by atoms with Crippen molar-refractivity contribution >= 4 is 0 Å². The lowest BCUT2D eigenvalue weighted by molar-refractivity contribution is 0.0952. The predicted molar refractivity (Wildman–Crippen MR) is 83.2 cm³/mol. The third-order valence-corrected chi connectivity index (χ3v) is 5.04. The lowest BCUT2D eigenvalue weighted by atomic mass is 9.70. The average molecular weight is 273 g/mol. The third kappa shape index (κ3) is 3.01. The molecule has 3 rings (SSSR count). The van der Waals surface area contributed by atoms with E-state index in [1.165, 1.54) is 50.6 Å². The second kappa shape index (κ2) is 6.17. The van der Waals surface area contributed by atoms with Crippen LogP contribution >= 0.6 is 0 Å². The Morgan fingerprint density at radius 3 is 2.75 bits per heavy atom. The number of para-hydroxylation sites is 1. The summed E-state index contributed by atoms with van der Waals surface area (Å²) in [5.41, 5.74) is 1.87. The van der Waals surface area contributed by atoms with Crippen molar-refractivity contribution in [2.75, 3.05) is 13.1 Å². The normalized spacial score (nSPS) is 24.1. The van der Waals surface area contributed by atoms with Crippen LogP contribution in [-0.2, 0) is 6.42 Å². The quantitative estimate of drug-likeness (QED) is 0.877. The van der Waals surface area contributed by atoms with E-state index in [1.54, 1.807) is 0 Å². The molecule has 1 unspecified atom stereocenters. The molecule has 1 fully saturated rings. The van der Waals surface area contributed by atoms with E-state index in [9.17, 15) is 0 Å². The topological polar surface area (TPSA) is 21.3 Å². The van der Waals surface area contributed by atoms with Crippen LogP contribution in [0.1, 0.15) is 51.0 Å². The first-order chi connectivity index (χ1) is 9.81. The van der Waals surface area contributed by atoms with Crippen LogP contribution in [0.25, 0.3) is 0 Å². The van der Waals surface area contributed by atoms with Gasteiger partial charge in [-0.1, -0.05) is 44.4 Å². The molecular weight excluding hydrogens is 246 g/mol. The minimum Gasteiger partial charge on any atom is -0.490 e. The Balaban J connectivity index is 1.65. The molecule has 1 N–H and O–H groups in total. The molecule has 0 spiro atoms. The second-order valence-corrected chi connectivity index (χ2v) is 6.60. The first kappa shape index (κ1) is 13.9. The Kier molecular flexibility index (Phi) is 4.30. The van der Waals surface area contributed by atoms with E-state index in [1.807, 2.05) is 0 Å². The second-order valence-electron chi connectivity index (χ2n) is 6.60. The van der Waals surface area contributed by atoms with Gasteiger partial charge < -0.3 is 10.1 Å². The van der Waals surface area contributed by atoms with Gasteiger partial charge in [0.15, 0.2) is 0 Å². The SMILES string of the molecule is CCNCC1(CC2Cc3ccccc3O2)CCCCC1. The van der Waals surface area contributed by atoms with Crippen LogP contribution in [0.3, 0.4) is 0 Å². The molecule has 1 saturated carbocycles. The van der Waals surface area contributed by atoms with Gasteiger partial charge in [0, 0.05) is 13.0 Å². The molecule has 0 bridgehead atoms. The number of rotatable bonds is 5. The van der Waals surface area contributed by atoms with Crippen LogP contribution in [-0.4, -0.2) is 19.2 Å². The number of nitrogens with one attached hydrogen (secondary N) is 1. The number of ether oxygens (including phenoxy) is 1. The van der Waals surface area contributed by atoms with E-state index >= 15 is 0 Å². The molecule has 0 amide bonds. The van der Waals surface area contributed by atoms with E-state index in [-0.39, 0.29) is 0 Å². The van der Waals surface area contributed by atoms with Crippen molar-refractivity contribution in [3.05, 3.63) is 29.8 Å². The molecule has 2 nitrogen and oxygen atoms in total. The van der Waals surface area contributed by atoms with Gasteiger partial charge in [-0.25, -0.2) is 0 Å². The van der Waals surface area contributed by atoms with E-state index < -0.39 is 0 Å². The number of fused-ring (bicyclic) bond motifs is 1. The van der Waals surface area contributed by atoms with Gasteiger partial charge in [-0.05, 0) is 42.9 Å². The molecule has 0 aromatic heterocycles. The summed E-state index contributed by atoms with van der Waals surface area (Å²) in [5, 5.41) is 3.60. The molecule has 1 aromatic rings. The lowest BCUT2D eigenvalue weighted by Crippen LogP contribution is -2.39. The van der Waals surface area contributed by atoms with E-state index in [4.69, 9.17) is 4.74 Å². The molecule has 110 valence electrons. The lowest BCUT2D eigenvalue weighted by Gasteiger charge is -2.39. The number of benzene rings is 1. The largest absolute Gasteiger partial charge is 0.490 e. The zero-order chi connectivity index (χ0) is 13.8. The monoisotopic (exact) mass is 273 g/mol. The fraction of sp³-hybridized carbons (Fsp3) is 0.667. The summed E-state index contributed by atoms with van der Waals surface area (Å²) >= 11 is 0. The summed E-state index contributed by atoms with van der Waals surface area (Å²) in [7, 11) is 0. The average Bonchev–Trinajstić information content (AvgIpc) is 2.88. The zero-order valence-corrected chi connectivity index (χ0v) is 12.7. The van der Waals surface area contributed by atoms with Gasteiger partial charge in [-0.3, -0.25) is 0 Å². The van der Waals surface area contributed by atoms with Crippen LogP contribution in [0, 0.1) is 5.41 Å². The van der Waals surface area contributed by atoms with Gasteiger partial charge in [-0.2, -0.15) is 0 Å². The molecular formula is C18H27NO. The Morgan fingerprint density at radius 2 is 2.00 bits per heavy atom. The fourth-order valence-corrected chi connectivity index (χ4v) is 4.00. The molecule has 1 atom stereocenters. The van der Waals surface area contributed by atoms with Crippen LogP contribution < -0.4 is 10.1 Å². The predicted octanol–water partition coefficient (Wildman–Crippen LogP) is 3.94. The van der Waals surface area contributed by atoms with E-state index in [0.717, 1.165) is 18.7 Å². The molecule has 1 aliphatic heterocycles. The molecule has 1 aliphatic carbocycles. The van der Waals surface area contributed by atoms with Crippen LogP contribution in [0.4, 0.5) is 0 Å². The summed E-state index contributed by atoms with van der Waals surface area (Å²) < 4.78 is 6.19. The van der Waals surface area contributed by atoms with E-state index in [0.29, 0.717) is 11.5 Å². The van der Waals surface area contributed by atoms with Crippen LogP contribution in [0.2, 0.25) is 0 Å². The molecule has 20 heavy (non-hydrogen) atoms. The van der Waals surface area contributed by atoms with Gasteiger partial charge in [-0.15, -0.1) is 0 Å². The van der Waals surface area contributed by atoms with Gasteiger partial charge in [0.1, 0.15) is 11.9 Å². The van der Waals surface area contributed by atoms with Gasteiger partial charge in [0.25, 0.3) is 0 Å². The highest BCUT2D eigenvalue weighted by molar-refractivity contribution is 5.37. The first-order valence-electron chi connectivity index (χ1n) is 8.27. The summed E-state index contributed by atoms with van der Waals surface area (Å²) in [5.74, 6) is 1.12. The van der Waals surface area contributed by atoms with E-state index in [2.05, 4.69) is 36.5 Å². The fourth-order valence-electron chi connectivity index (χ4n) is 4.00. The summed E-state index contributed by atoms with van der Waals surface area (Å²) in [6.45, 7) is 4.45. The molecule has 0 radical (unpaired) electrons. The summed E-state index contributed by atoms with van der Waals surface area (Å²) in [6.07, 6.45) is 9.66. The van der Waals surface area contributed by atoms with Crippen molar-refractivity contribution in [1.29, 1.82) is 0 Å². The molecule has 2 aliphatic rings. The highest BCUT2D eigenvalue weighted by atomic mass is 16.5. The standard InChI is InChI=1S/C18H27NO/c1-2-19-14-18(10-6-3-7-11-18)13-16-12-15-8-4-5-9-17(15)20-16/h4-5,8-9,16,19H,2-3,6-7,10-14H2,1H3. The maximum absolute atomic E-state index is 6.19. The Hall–Kier alpha value is -1.02. The van der Waals surface area contributed by atoms with Gasteiger partial charge in [0.2, 0.25) is 0 Å². The number of hydrogen-bond donors (Lipinski definition) is 1. The Labute approximate surface area is 122 Å². The minimum atomic E-state index is 0.393. The minimum absolute atomic E-state index is 0.393. The summed E-state index contributed by atoms with van der Waals surface area (Å²) in [4.78, 5) is 0. The van der Waals surface area contributed by atoms with Crippen molar-refractivity contribution in [2.24, 2.45) is 5.41 Å². The molecule has 2 heteroatoms. The molecule has 1 aromatic carbocycles. The first-order valence-corrected chi connectivity index (χ1v) is 8.27. The smallest absolute Gasteiger partial charge is 0.123 e. The number of hydrogen-bond acceptors (Lipinski definition) is 2. The highest BCUT2D eigenvalue weighted by Gasteiger charge is 2.36. The van der Waals surface area contributed by atoms with Gasteiger partial charge >= 0.3 is 0 Å². The van der Waals surface area contributed by atoms with Crippen molar-refractivity contribution in [3.8, 4) is 5.75 Å². The summed E-state index contributed by atoms with van der Waals surface area (Å²) in [6, 6.07) is 8.54. The Bertz CT molecular complexity index is 412. The molecule has 0 saturated heterocycles. The Morgan fingerprint density at radius 1 is 1.20 bits per heavy atom. The third-order valence-electron chi connectivity index (χ3n) is 5.04. The maximum atomic E-state index is 6.19.